The maximum Gasteiger partial charge on any atom is 0.0336 e. The lowest BCUT2D eigenvalue weighted by Crippen LogP contribution is -2.13. The maximum atomic E-state index is 6.02. The monoisotopic (exact) mass is 174 g/mol. The summed E-state index contributed by atoms with van der Waals surface area (Å²) in [7, 11) is 0. The molecule has 0 aliphatic heterocycles. The fourth-order valence-corrected chi connectivity index (χ4v) is 2.16. The lowest BCUT2D eigenvalue weighted by Gasteiger charge is -2.24. The topological polar surface area (TPSA) is 0 Å². The van der Waals surface area contributed by atoms with Gasteiger partial charge < -0.3 is 0 Å². The van der Waals surface area contributed by atoms with Crippen LogP contribution >= 0.6 is 11.6 Å². The van der Waals surface area contributed by atoms with E-state index in [9.17, 15) is 0 Å². The molecule has 0 N–H and O–H groups in total. The largest absolute Gasteiger partial charge is 0.123 e. The summed E-state index contributed by atoms with van der Waals surface area (Å²) >= 11 is 6.02. The molecule has 0 spiro atoms. The Balaban J connectivity index is 2.07. The highest BCUT2D eigenvalue weighted by atomic mass is 35.5. The van der Waals surface area contributed by atoms with Crippen molar-refractivity contribution in [3.05, 3.63) is 0 Å². The smallest absolute Gasteiger partial charge is 0.0336 e. The second-order valence-corrected chi connectivity index (χ2v) is 4.38. The van der Waals surface area contributed by atoms with Crippen LogP contribution in [0, 0.1) is 5.92 Å². The van der Waals surface area contributed by atoms with Crippen LogP contribution in [0.3, 0.4) is 0 Å². The summed E-state index contributed by atoms with van der Waals surface area (Å²) in [5.41, 5.74) is 0. The third-order valence-electron chi connectivity index (χ3n) is 2.74. The van der Waals surface area contributed by atoms with Crippen molar-refractivity contribution in [2.24, 2.45) is 5.92 Å². The van der Waals surface area contributed by atoms with Crippen molar-refractivity contribution in [2.45, 2.75) is 57.2 Å². The minimum Gasteiger partial charge on any atom is -0.123 e. The van der Waals surface area contributed by atoms with E-state index in [-0.39, 0.29) is 0 Å². The van der Waals surface area contributed by atoms with Crippen LogP contribution in [-0.4, -0.2) is 5.38 Å². The first-order valence-corrected chi connectivity index (χ1v) is 5.40. The summed E-state index contributed by atoms with van der Waals surface area (Å²) in [6.07, 6.45) is 9.49. The van der Waals surface area contributed by atoms with Crippen LogP contribution in [0.25, 0.3) is 0 Å². The van der Waals surface area contributed by atoms with Gasteiger partial charge in [0, 0.05) is 5.38 Å². The fraction of sp³-hybridized carbons (Fsp3) is 1.00. The standard InChI is InChI=1S/C10H19Cl/c1-2-3-4-9-5-7-10(11)8-6-9/h9-10H,2-8H2,1H3. The van der Waals surface area contributed by atoms with E-state index in [1.807, 2.05) is 0 Å². The third-order valence-corrected chi connectivity index (χ3v) is 3.18. The van der Waals surface area contributed by atoms with Crippen LogP contribution in [0.2, 0.25) is 0 Å². The minimum atomic E-state index is 0.493. The summed E-state index contributed by atoms with van der Waals surface area (Å²) in [4.78, 5) is 0. The predicted octanol–water partition coefficient (Wildman–Crippen LogP) is 3.97. The van der Waals surface area contributed by atoms with Crippen LogP contribution in [-0.2, 0) is 0 Å². The molecule has 0 unspecified atom stereocenters. The number of alkyl halides is 1. The molecule has 0 aromatic heterocycles. The molecule has 1 saturated carbocycles. The van der Waals surface area contributed by atoms with Gasteiger partial charge in [0.05, 0.1) is 0 Å². The zero-order valence-electron chi connectivity index (χ0n) is 7.48. The van der Waals surface area contributed by atoms with Crippen LogP contribution in [0.4, 0.5) is 0 Å². The van der Waals surface area contributed by atoms with Crippen molar-refractivity contribution < 1.29 is 0 Å². The molecule has 0 nitrogen and oxygen atoms in total. The van der Waals surface area contributed by atoms with E-state index in [2.05, 4.69) is 6.92 Å². The molecule has 0 aromatic carbocycles. The van der Waals surface area contributed by atoms with Crippen LogP contribution < -0.4 is 0 Å². The zero-order chi connectivity index (χ0) is 8.10. The summed E-state index contributed by atoms with van der Waals surface area (Å²) in [6, 6.07) is 0. The lowest BCUT2D eigenvalue weighted by atomic mass is 9.85. The van der Waals surface area contributed by atoms with Crippen molar-refractivity contribution in [1.29, 1.82) is 0 Å². The van der Waals surface area contributed by atoms with Gasteiger partial charge in [0.2, 0.25) is 0 Å². The summed E-state index contributed by atoms with van der Waals surface area (Å²) in [5.74, 6) is 1.00. The van der Waals surface area contributed by atoms with Crippen molar-refractivity contribution >= 4 is 11.6 Å². The molecular weight excluding hydrogens is 156 g/mol. The molecule has 0 aromatic rings. The van der Waals surface area contributed by atoms with Crippen LogP contribution in [0.15, 0.2) is 0 Å². The Morgan fingerprint density at radius 1 is 1.18 bits per heavy atom. The van der Waals surface area contributed by atoms with E-state index < -0.39 is 0 Å². The average molecular weight is 175 g/mol. The first kappa shape index (κ1) is 9.38. The molecule has 1 aliphatic carbocycles. The highest BCUT2D eigenvalue weighted by Crippen LogP contribution is 2.30. The van der Waals surface area contributed by atoms with Crippen LogP contribution in [0.1, 0.15) is 51.9 Å². The summed E-state index contributed by atoms with van der Waals surface area (Å²) in [5, 5.41) is 0.493. The number of rotatable bonds is 3. The van der Waals surface area contributed by atoms with E-state index in [0.29, 0.717) is 5.38 Å². The molecule has 0 heterocycles. The van der Waals surface area contributed by atoms with Crippen molar-refractivity contribution in [1.82, 2.24) is 0 Å². The summed E-state index contributed by atoms with van der Waals surface area (Å²) < 4.78 is 0. The van der Waals surface area contributed by atoms with Gasteiger partial charge in [0.25, 0.3) is 0 Å². The molecule has 0 atom stereocenters. The molecule has 0 bridgehead atoms. The van der Waals surface area contributed by atoms with Gasteiger partial charge in [-0.1, -0.05) is 26.2 Å². The Morgan fingerprint density at radius 2 is 1.82 bits per heavy atom. The Labute approximate surface area is 75.3 Å². The Bertz CT molecular complexity index is 90.3. The number of halogens is 1. The molecule has 1 fully saturated rings. The SMILES string of the molecule is CCCCC1CCC(Cl)CC1. The van der Waals surface area contributed by atoms with Gasteiger partial charge in [-0.05, 0) is 31.6 Å². The van der Waals surface area contributed by atoms with E-state index in [4.69, 9.17) is 11.6 Å². The summed E-state index contributed by atoms with van der Waals surface area (Å²) in [6.45, 7) is 2.27. The van der Waals surface area contributed by atoms with Crippen molar-refractivity contribution in [3.63, 3.8) is 0 Å². The predicted molar refractivity (Wildman–Crippen MR) is 51.1 cm³/mol. The fourth-order valence-electron chi connectivity index (χ4n) is 1.90. The Kier molecular flexibility index (Phi) is 4.29. The number of hydrogen-bond donors (Lipinski definition) is 0. The number of unbranched alkanes of at least 4 members (excludes halogenated alkanes) is 1. The molecule has 0 radical (unpaired) electrons. The highest BCUT2D eigenvalue weighted by molar-refractivity contribution is 6.20. The van der Waals surface area contributed by atoms with Gasteiger partial charge >= 0.3 is 0 Å². The lowest BCUT2D eigenvalue weighted by molar-refractivity contribution is 0.335. The first-order chi connectivity index (χ1) is 5.33. The van der Waals surface area contributed by atoms with Gasteiger partial charge in [-0.15, -0.1) is 11.6 Å². The third kappa shape index (κ3) is 3.46. The molecule has 66 valence electrons. The van der Waals surface area contributed by atoms with Gasteiger partial charge in [-0.3, -0.25) is 0 Å². The van der Waals surface area contributed by atoms with Gasteiger partial charge in [0.1, 0.15) is 0 Å². The quantitative estimate of drug-likeness (QED) is 0.568. The molecule has 0 saturated heterocycles. The molecular formula is C10H19Cl. The average Bonchev–Trinajstić information content (AvgIpc) is 2.04. The second-order valence-electron chi connectivity index (χ2n) is 3.76. The normalized spacial score (nSPS) is 32.2. The molecule has 1 aliphatic rings. The van der Waals surface area contributed by atoms with Crippen molar-refractivity contribution in [3.8, 4) is 0 Å². The minimum absolute atomic E-state index is 0.493. The molecule has 11 heavy (non-hydrogen) atoms. The van der Waals surface area contributed by atoms with Crippen LogP contribution in [0.5, 0.6) is 0 Å². The molecule has 1 rings (SSSR count). The van der Waals surface area contributed by atoms with E-state index in [1.165, 1.54) is 44.9 Å². The number of hydrogen-bond acceptors (Lipinski definition) is 0. The van der Waals surface area contributed by atoms with E-state index >= 15 is 0 Å². The van der Waals surface area contributed by atoms with Gasteiger partial charge in [-0.2, -0.15) is 0 Å². The van der Waals surface area contributed by atoms with E-state index in [0.717, 1.165) is 5.92 Å². The van der Waals surface area contributed by atoms with Gasteiger partial charge in [-0.25, -0.2) is 0 Å². The molecule has 1 heteroatoms. The Morgan fingerprint density at radius 3 is 2.36 bits per heavy atom. The second kappa shape index (κ2) is 5.03. The van der Waals surface area contributed by atoms with E-state index in [1.54, 1.807) is 0 Å². The van der Waals surface area contributed by atoms with Gasteiger partial charge in [0.15, 0.2) is 0 Å². The zero-order valence-corrected chi connectivity index (χ0v) is 8.24. The maximum absolute atomic E-state index is 6.02. The highest BCUT2D eigenvalue weighted by Gasteiger charge is 2.18. The Hall–Kier alpha value is 0.290. The first-order valence-electron chi connectivity index (χ1n) is 4.97. The molecule has 0 amide bonds. The van der Waals surface area contributed by atoms with Crippen molar-refractivity contribution in [2.75, 3.05) is 0 Å².